The third kappa shape index (κ3) is 6.88. The van der Waals surface area contributed by atoms with Gasteiger partial charge < -0.3 is 19.5 Å². The predicted octanol–water partition coefficient (Wildman–Crippen LogP) is 5.56. The van der Waals surface area contributed by atoms with Crippen LogP contribution in [-0.2, 0) is 28.9 Å². The molecule has 6 aliphatic rings. The molecule has 16 heteroatoms. The van der Waals surface area contributed by atoms with E-state index in [9.17, 15) is 37.1 Å². The second kappa shape index (κ2) is 14.5. The van der Waals surface area contributed by atoms with Crippen molar-refractivity contribution in [2.45, 2.75) is 89.3 Å². The number of likely N-dealkylation sites (tertiary alicyclic amines) is 1. The van der Waals surface area contributed by atoms with E-state index in [1.165, 1.54) is 6.20 Å². The summed E-state index contributed by atoms with van der Waals surface area (Å²) in [5, 5.41) is 2.23. The molecule has 0 saturated carbocycles. The number of aromatic nitrogens is 1. The highest BCUT2D eigenvalue weighted by Crippen LogP contribution is 2.47. The van der Waals surface area contributed by atoms with Gasteiger partial charge in [0.2, 0.25) is 11.8 Å². The van der Waals surface area contributed by atoms with Crippen LogP contribution in [0.4, 0.5) is 30.4 Å². The highest BCUT2D eigenvalue weighted by molar-refractivity contribution is 6.23. The minimum atomic E-state index is -4.65. The number of benzene rings is 2. The maximum absolute atomic E-state index is 13.7. The van der Waals surface area contributed by atoms with Gasteiger partial charge in [0, 0.05) is 75.6 Å². The minimum Gasteiger partial charge on any atom is -0.371 e. The first-order valence-corrected chi connectivity index (χ1v) is 20.2. The Morgan fingerprint density at radius 2 is 1.54 bits per heavy atom. The topological polar surface area (TPSA) is 131 Å². The summed E-state index contributed by atoms with van der Waals surface area (Å²) in [6.45, 7) is 13.8. The van der Waals surface area contributed by atoms with Gasteiger partial charge in [-0.05, 0) is 104 Å². The predicted molar refractivity (Wildman–Crippen MR) is 209 cm³/mol. The van der Waals surface area contributed by atoms with E-state index >= 15 is 0 Å². The van der Waals surface area contributed by atoms with Crippen LogP contribution >= 0.6 is 0 Å². The van der Waals surface area contributed by atoms with E-state index in [1.807, 2.05) is 41.0 Å². The SMILES string of the molecule is [C-]#[N+]c1ncc(N2CC3(CCN(c4ccc(C(=O)N5CCC(N6Cc7cc8c(cc7C6)C(=O)N(C6CCC(=O)NC6=O)C8=O)CC5)cc4)CC3)C[C@@H]2C)cc1C(F)(F)F. The van der Waals surface area contributed by atoms with Crippen LogP contribution in [0.5, 0.6) is 0 Å². The van der Waals surface area contributed by atoms with E-state index in [1.54, 1.807) is 12.1 Å². The van der Waals surface area contributed by atoms with E-state index in [0.29, 0.717) is 55.1 Å². The lowest BCUT2D eigenvalue weighted by Crippen LogP contribution is -2.54. The number of carbonyl (C=O) groups excluding carboxylic acids is 5. The number of halogens is 3. The van der Waals surface area contributed by atoms with Gasteiger partial charge in [-0.2, -0.15) is 13.2 Å². The zero-order valence-electron chi connectivity index (χ0n) is 32.6. The summed E-state index contributed by atoms with van der Waals surface area (Å²) in [6.07, 6.45) is 1.12. The molecule has 5 amide bonds. The lowest BCUT2D eigenvalue weighted by molar-refractivity contribution is -0.137. The number of pyridine rings is 1. The van der Waals surface area contributed by atoms with E-state index in [-0.39, 0.29) is 36.2 Å². The van der Waals surface area contributed by atoms with Gasteiger partial charge >= 0.3 is 6.18 Å². The van der Waals surface area contributed by atoms with E-state index in [2.05, 4.69) is 24.9 Å². The van der Waals surface area contributed by atoms with Crippen LogP contribution in [0.15, 0.2) is 48.7 Å². The Morgan fingerprint density at radius 3 is 2.14 bits per heavy atom. The van der Waals surface area contributed by atoms with Crippen molar-refractivity contribution in [3.8, 4) is 0 Å². The minimum absolute atomic E-state index is 0.0149. The number of hydrogen-bond acceptors (Lipinski definition) is 9. The Labute approximate surface area is 338 Å². The number of anilines is 2. The third-order valence-electron chi connectivity index (χ3n) is 13.4. The molecule has 306 valence electrons. The maximum atomic E-state index is 13.7. The quantitative estimate of drug-likeness (QED) is 0.260. The normalized spacial score (nSPS) is 23.5. The number of imide groups is 2. The Morgan fingerprint density at radius 1 is 0.898 bits per heavy atom. The number of piperidine rings is 3. The Kier molecular flexibility index (Phi) is 9.49. The largest absolute Gasteiger partial charge is 0.409 e. The first-order valence-electron chi connectivity index (χ1n) is 20.2. The Balaban J connectivity index is 0.768. The summed E-state index contributed by atoms with van der Waals surface area (Å²) in [5.74, 6) is -2.70. The molecule has 4 fully saturated rings. The molecule has 0 radical (unpaired) electrons. The van der Waals surface area contributed by atoms with Crippen LogP contribution in [0.2, 0.25) is 0 Å². The molecule has 6 aliphatic heterocycles. The fourth-order valence-electron chi connectivity index (χ4n) is 10.3. The van der Waals surface area contributed by atoms with Crippen molar-refractivity contribution in [3.05, 3.63) is 93.5 Å². The summed E-state index contributed by atoms with van der Waals surface area (Å²) in [5.41, 5.74) is 3.54. The highest BCUT2D eigenvalue weighted by atomic mass is 19.4. The highest BCUT2D eigenvalue weighted by Gasteiger charge is 2.47. The molecule has 2 aromatic carbocycles. The van der Waals surface area contributed by atoms with E-state index < -0.39 is 47.2 Å². The van der Waals surface area contributed by atoms with Crippen LogP contribution in [0, 0.1) is 12.0 Å². The molecule has 3 aromatic rings. The van der Waals surface area contributed by atoms with Gasteiger partial charge in [0.25, 0.3) is 23.5 Å². The molecule has 7 heterocycles. The van der Waals surface area contributed by atoms with Gasteiger partial charge in [0.1, 0.15) is 12.2 Å². The molecule has 1 spiro atoms. The third-order valence-corrected chi connectivity index (χ3v) is 13.4. The number of nitrogens with zero attached hydrogens (tertiary/aromatic N) is 7. The molecule has 4 saturated heterocycles. The van der Waals surface area contributed by atoms with Gasteiger partial charge in [-0.25, -0.2) is 0 Å². The molecule has 2 atom stereocenters. The Bertz CT molecular complexity index is 2270. The van der Waals surface area contributed by atoms with Crippen molar-refractivity contribution in [1.82, 2.24) is 25.0 Å². The maximum Gasteiger partial charge on any atom is 0.409 e. The molecule has 0 aliphatic carbocycles. The van der Waals surface area contributed by atoms with Crippen LogP contribution < -0.4 is 15.1 Å². The summed E-state index contributed by atoms with van der Waals surface area (Å²) < 4.78 is 41.0. The van der Waals surface area contributed by atoms with E-state index in [0.717, 1.165) is 73.0 Å². The van der Waals surface area contributed by atoms with Crippen molar-refractivity contribution in [2.75, 3.05) is 42.5 Å². The van der Waals surface area contributed by atoms with Crippen molar-refractivity contribution < 1.29 is 37.1 Å². The van der Waals surface area contributed by atoms with Gasteiger partial charge in [0.05, 0.1) is 22.4 Å². The molecule has 1 unspecified atom stereocenters. The summed E-state index contributed by atoms with van der Waals surface area (Å²) in [7, 11) is 0. The van der Waals surface area contributed by atoms with Crippen molar-refractivity contribution in [2.24, 2.45) is 5.41 Å². The monoisotopic (exact) mass is 808 g/mol. The molecule has 13 nitrogen and oxygen atoms in total. The summed E-state index contributed by atoms with van der Waals surface area (Å²) >= 11 is 0. The lowest BCUT2D eigenvalue weighted by atomic mass is 9.76. The van der Waals surface area contributed by atoms with Gasteiger partial charge in [-0.15, -0.1) is 4.98 Å². The van der Waals surface area contributed by atoms with Crippen LogP contribution in [-0.4, -0.2) is 100 Å². The number of hydrogen-bond donors (Lipinski definition) is 1. The number of amides is 5. The number of carbonyl (C=O) groups is 5. The summed E-state index contributed by atoms with van der Waals surface area (Å²) in [4.78, 5) is 80.7. The fraction of sp³-hybridized carbons (Fsp3) is 0.465. The molecule has 1 aromatic heterocycles. The van der Waals surface area contributed by atoms with Crippen LogP contribution in [0.1, 0.15) is 99.6 Å². The van der Waals surface area contributed by atoms with Gasteiger partial charge in [-0.3, -0.25) is 39.1 Å². The Hall–Kier alpha value is -5.82. The molecule has 1 N–H and O–H groups in total. The van der Waals surface area contributed by atoms with Crippen LogP contribution in [0.25, 0.3) is 4.85 Å². The number of alkyl halides is 3. The number of rotatable bonds is 5. The summed E-state index contributed by atoms with van der Waals surface area (Å²) in [6, 6.07) is 11.6. The van der Waals surface area contributed by atoms with Gasteiger partial charge in [0.15, 0.2) is 0 Å². The van der Waals surface area contributed by atoms with Crippen LogP contribution in [0.3, 0.4) is 0 Å². The van der Waals surface area contributed by atoms with E-state index in [4.69, 9.17) is 6.57 Å². The van der Waals surface area contributed by atoms with Crippen molar-refractivity contribution in [1.29, 1.82) is 0 Å². The average Bonchev–Trinajstić information content (AvgIpc) is 3.87. The molecule has 9 rings (SSSR count). The van der Waals surface area contributed by atoms with Crippen molar-refractivity contribution in [3.63, 3.8) is 0 Å². The smallest absolute Gasteiger partial charge is 0.371 e. The van der Waals surface area contributed by atoms with Crippen molar-refractivity contribution >= 4 is 46.7 Å². The molecular formula is C43H43F3N8O5. The number of nitrogens with one attached hydrogen (secondary N) is 1. The molecular weight excluding hydrogens is 766 g/mol. The average molecular weight is 809 g/mol. The lowest BCUT2D eigenvalue weighted by Gasteiger charge is -2.40. The molecule has 0 bridgehead atoms. The fourth-order valence-corrected chi connectivity index (χ4v) is 10.3. The molecule has 59 heavy (non-hydrogen) atoms. The van der Waals surface area contributed by atoms with Gasteiger partial charge in [-0.1, -0.05) is 6.57 Å². The second-order valence-corrected chi connectivity index (χ2v) is 16.9. The first-order chi connectivity index (χ1) is 28.2. The standard InChI is InChI=1S/C43H43F3N8O5/c1-25-20-42(24-53(25)31-19-34(43(44,45)46)37(47-2)48-21-31)11-15-50(16-12-42)29-5-3-26(4-6-29)39(57)51-13-9-30(10-14-51)52-22-27-17-32-33(18-28(27)23-52)41(59)54(40(32)58)35-7-8-36(55)49-38(35)56/h3-6,17-19,21,25,30,35H,7-16,20,22-24H2,1H3,(H,49,55,56)/t25-,35?/m0/s1. The number of fused-ring (bicyclic) bond motifs is 2. The first kappa shape index (κ1) is 38.7. The zero-order chi connectivity index (χ0) is 41.4. The second-order valence-electron chi connectivity index (χ2n) is 16.9. The zero-order valence-corrected chi connectivity index (χ0v) is 32.6.